The molecule has 0 spiro atoms. The smallest absolute Gasteiger partial charge is 0.292 e. The summed E-state index contributed by atoms with van der Waals surface area (Å²) in [6.07, 6.45) is 0. The number of β-lactam (4-membered cyclic amide) rings is 1. The van der Waals surface area contributed by atoms with Crippen molar-refractivity contribution in [1.82, 2.24) is 10.4 Å². The molecule has 4 N–H and O–H groups in total. The van der Waals surface area contributed by atoms with Crippen molar-refractivity contribution < 1.29 is 27.4 Å². The molecule has 1 fully saturated rings. The second-order valence-electron chi connectivity index (χ2n) is 5.11. The summed E-state index contributed by atoms with van der Waals surface area (Å²) in [6, 6.07) is 6.28. The Kier molecular flexibility index (Phi) is 5.00. The highest BCUT2D eigenvalue weighted by atomic mass is 32.2. The van der Waals surface area contributed by atoms with Crippen molar-refractivity contribution in [2.24, 2.45) is 5.73 Å². The molecule has 9 nitrogen and oxygen atoms in total. The first-order valence-corrected chi connectivity index (χ1v) is 8.33. The monoisotopic (exact) mass is 343 g/mol. The van der Waals surface area contributed by atoms with Crippen LogP contribution in [-0.4, -0.2) is 47.9 Å². The van der Waals surface area contributed by atoms with E-state index >= 15 is 0 Å². The van der Waals surface area contributed by atoms with Gasteiger partial charge < -0.3 is 11.1 Å². The first-order chi connectivity index (χ1) is 10.7. The van der Waals surface area contributed by atoms with Gasteiger partial charge in [-0.1, -0.05) is 30.3 Å². The van der Waals surface area contributed by atoms with Crippen molar-refractivity contribution in [1.29, 1.82) is 0 Å². The van der Waals surface area contributed by atoms with E-state index in [9.17, 15) is 18.0 Å². The minimum absolute atomic E-state index is 0.532. The van der Waals surface area contributed by atoms with Crippen LogP contribution in [0.25, 0.3) is 0 Å². The maximum Gasteiger partial charge on any atom is 0.292 e. The van der Waals surface area contributed by atoms with Crippen molar-refractivity contribution >= 4 is 21.9 Å². The van der Waals surface area contributed by atoms with Gasteiger partial charge in [0, 0.05) is 0 Å². The molecule has 0 aliphatic carbocycles. The highest BCUT2D eigenvalue weighted by Crippen LogP contribution is 2.21. The third-order valence-electron chi connectivity index (χ3n) is 3.42. The van der Waals surface area contributed by atoms with Crippen LogP contribution in [0.3, 0.4) is 0 Å². The Bertz CT molecular complexity index is 693. The van der Waals surface area contributed by atoms with E-state index in [1.807, 2.05) is 0 Å². The molecule has 126 valence electrons. The van der Waals surface area contributed by atoms with Crippen molar-refractivity contribution in [2.45, 2.75) is 25.0 Å². The van der Waals surface area contributed by atoms with Gasteiger partial charge in [0.05, 0.1) is 6.04 Å². The van der Waals surface area contributed by atoms with Crippen molar-refractivity contribution in [3.05, 3.63) is 35.9 Å². The van der Waals surface area contributed by atoms with Crippen LogP contribution in [-0.2, 0) is 24.5 Å². The van der Waals surface area contributed by atoms with Gasteiger partial charge in [-0.05, 0) is 12.5 Å². The molecule has 2 rings (SSSR count). The number of nitrogens with one attached hydrogen (secondary N) is 1. The van der Waals surface area contributed by atoms with Crippen LogP contribution in [0.2, 0.25) is 0 Å². The Morgan fingerprint density at radius 1 is 1.43 bits per heavy atom. The lowest BCUT2D eigenvalue weighted by Crippen LogP contribution is -2.70. The van der Waals surface area contributed by atoms with Gasteiger partial charge in [0.1, 0.15) is 12.1 Å². The van der Waals surface area contributed by atoms with Crippen LogP contribution >= 0.6 is 0 Å². The number of carbonyl (C=O) groups excluding carboxylic acids is 2. The van der Waals surface area contributed by atoms with Gasteiger partial charge in [-0.25, -0.2) is 5.06 Å². The zero-order chi connectivity index (χ0) is 17.2. The van der Waals surface area contributed by atoms with E-state index < -0.39 is 46.0 Å². The number of nitrogens with two attached hydrogens (primary N) is 1. The predicted molar refractivity (Wildman–Crippen MR) is 79.1 cm³/mol. The highest BCUT2D eigenvalue weighted by molar-refractivity contribution is 7.85. The molecule has 1 aromatic rings. The fourth-order valence-electron chi connectivity index (χ4n) is 2.14. The molecular formula is C13H17N3O6S. The largest absolute Gasteiger partial charge is 0.341 e. The van der Waals surface area contributed by atoms with Gasteiger partial charge in [0.25, 0.3) is 16.0 Å². The Hall–Kier alpha value is -2.01. The molecule has 0 aromatic heterocycles. The molecule has 3 atom stereocenters. The molecule has 10 heteroatoms. The standard InChI is InChI=1S/C13H17N3O6S/c1-8-11(13(18)16(8)22-7-23(19,20)21)15-12(17)10(14)9-5-3-2-4-6-9/h2-6,8,10-11H,7,14H2,1H3,(H,15,17)(H,19,20,21)/t8-,10?,11+/m1/s1. The summed E-state index contributed by atoms with van der Waals surface area (Å²) in [5.41, 5.74) is 6.43. The van der Waals surface area contributed by atoms with Crippen molar-refractivity contribution in [3.8, 4) is 0 Å². The fourth-order valence-corrected chi connectivity index (χ4v) is 2.39. The van der Waals surface area contributed by atoms with Gasteiger partial charge in [0.2, 0.25) is 11.8 Å². The van der Waals surface area contributed by atoms with E-state index in [1.54, 1.807) is 37.3 Å². The summed E-state index contributed by atoms with van der Waals surface area (Å²) in [5.74, 6) is -2.18. The Balaban J connectivity index is 1.92. The lowest BCUT2D eigenvalue weighted by molar-refractivity contribution is -0.224. The van der Waals surface area contributed by atoms with Gasteiger partial charge in [-0.3, -0.25) is 19.0 Å². The lowest BCUT2D eigenvalue weighted by atomic mass is 9.99. The molecule has 1 heterocycles. The molecule has 0 saturated carbocycles. The van der Waals surface area contributed by atoms with Crippen molar-refractivity contribution in [3.63, 3.8) is 0 Å². The van der Waals surface area contributed by atoms with Crippen LogP contribution in [0.15, 0.2) is 30.3 Å². The van der Waals surface area contributed by atoms with Crippen LogP contribution in [0.4, 0.5) is 0 Å². The third-order valence-corrected chi connectivity index (χ3v) is 3.82. The summed E-state index contributed by atoms with van der Waals surface area (Å²) < 4.78 is 29.8. The number of hydroxylamine groups is 2. The number of nitrogens with zero attached hydrogens (tertiary/aromatic N) is 1. The minimum Gasteiger partial charge on any atom is -0.341 e. The Morgan fingerprint density at radius 2 is 2.04 bits per heavy atom. The predicted octanol–water partition coefficient (Wildman–Crippen LogP) is -0.821. The van der Waals surface area contributed by atoms with Gasteiger partial charge in [-0.2, -0.15) is 8.42 Å². The third kappa shape index (κ3) is 4.05. The molecule has 1 unspecified atom stereocenters. The lowest BCUT2D eigenvalue weighted by Gasteiger charge is -2.43. The first kappa shape index (κ1) is 17.3. The van der Waals surface area contributed by atoms with Crippen LogP contribution < -0.4 is 11.1 Å². The van der Waals surface area contributed by atoms with Crippen LogP contribution in [0, 0.1) is 0 Å². The maximum absolute atomic E-state index is 12.1. The summed E-state index contributed by atoms with van der Waals surface area (Å²) in [5, 5.41) is 3.28. The van der Waals surface area contributed by atoms with Gasteiger partial charge in [-0.15, -0.1) is 0 Å². The summed E-state index contributed by atoms with van der Waals surface area (Å²) in [4.78, 5) is 28.6. The van der Waals surface area contributed by atoms with Gasteiger partial charge in [0.15, 0.2) is 0 Å². The molecule has 0 bridgehead atoms. The first-order valence-electron chi connectivity index (χ1n) is 6.73. The second-order valence-corrected chi connectivity index (χ2v) is 6.51. The van der Waals surface area contributed by atoms with E-state index in [0.29, 0.717) is 5.56 Å². The Morgan fingerprint density at radius 3 is 2.57 bits per heavy atom. The molecular weight excluding hydrogens is 326 g/mol. The molecule has 0 radical (unpaired) electrons. The Labute approximate surface area is 133 Å². The number of hydrogen-bond acceptors (Lipinski definition) is 6. The SMILES string of the molecule is C[C@@H]1[C@H](NC(=O)C(N)c2ccccc2)C(=O)N1OCS(=O)(=O)O. The molecule has 1 aliphatic rings. The number of benzene rings is 1. The summed E-state index contributed by atoms with van der Waals surface area (Å²) >= 11 is 0. The zero-order valence-electron chi connectivity index (χ0n) is 12.2. The molecule has 1 aromatic carbocycles. The molecule has 1 aliphatic heterocycles. The van der Waals surface area contributed by atoms with Gasteiger partial charge >= 0.3 is 0 Å². The summed E-state index contributed by atoms with van der Waals surface area (Å²) in [7, 11) is -4.36. The highest BCUT2D eigenvalue weighted by Gasteiger charge is 2.47. The molecule has 2 amide bonds. The van der Waals surface area contributed by atoms with Crippen LogP contribution in [0.5, 0.6) is 0 Å². The fraction of sp³-hybridized carbons (Fsp3) is 0.385. The van der Waals surface area contributed by atoms with E-state index in [1.165, 1.54) is 0 Å². The molecule has 1 saturated heterocycles. The van der Waals surface area contributed by atoms with E-state index in [-0.39, 0.29) is 0 Å². The second kappa shape index (κ2) is 6.62. The van der Waals surface area contributed by atoms with Crippen LogP contribution in [0.1, 0.15) is 18.5 Å². The zero-order valence-corrected chi connectivity index (χ0v) is 13.1. The number of amides is 2. The number of rotatable bonds is 6. The number of hydrogen-bond donors (Lipinski definition) is 3. The topological polar surface area (TPSA) is 139 Å². The maximum atomic E-state index is 12.1. The normalized spacial score (nSPS) is 22.4. The number of carbonyl (C=O) groups is 2. The van der Waals surface area contributed by atoms with Crippen molar-refractivity contribution in [2.75, 3.05) is 5.94 Å². The average Bonchev–Trinajstić information content (AvgIpc) is 2.51. The van der Waals surface area contributed by atoms with E-state index in [2.05, 4.69) is 10.2 Å². The summed E-state index contributed by atoms with van der Waals surface area (Å²) in [6.45, 7) is 1.56. The van der Waals surface area contributed by atoms with E-state index in [0.717, 1.165) is 5.06 Å². The average molecular weight is 343 g/mol. The molecule has 23 heavy (non-hydrogen) atoms. The van der Waals surface area contributed by atoms with E-state index in [4.69, 9.17) is 10.3 Å². The quantitative estimate of drug-likeness (QED) is 0.453. The minimum atomic E-state index is -4.36.